The summed E-state index contributed by atoms with van der Waals surface area (Å²) in [5.74, 6) is 1.34. The van der Waals surface area contributed by atoms with Gasteiger partial charge in [-0.05, 0) is 53.9 Å². The van der Waals surface area contributed by atoms with Gasteiger partial charge in [0.15, 0.2) is 11.5 Å². The quantitative estimate of drug-likeness (QED) is 0.403. The van der Waals surface area contributed by atoms with Gasteiger partial charge >= 0.3 is 0 Å². The van der Waals surface area contributed by atoms with Crippen molar-refractivity contribution < 1.29 is 22.6 Å². The van der Waals surface area contributed by atoms with Gasteiger partial charge in [-0.1, -0.05) is 36.4 Å². The minimum atomic E-state index is -3.89. The van der Waals surface area contributed by atoms with E-state index in [0.29, 0.717) is 23.7 Å². The van der Waals surface area contributed by atoms with Crippen molar-refractivity contribution >= 4 is 16.2 Å². The van der Waals surface area contributed by atoms with Gasteiger partial charge in [-0.15, -0.1) is 0 Å². The van der Waals surface area contributed by atoms with E-state index < -0.39 is 10.0 Å². The SMILES string of the molecule is COc1cc(/C=N/NS(=O)(=O)c2cc(C)ccc2OC)ccc1OCc1ccccc1. The first-order chi connectivity index (χ1) is 14.9. The normalized spacial score (nSPS) is 11.3. The summed E-state index contributed by atoms with van der Waals surface area (Å²) in [4.78, 5) is 2.24. The van der Waals surface area contributed by atoms with Crippen molar-refractivity contribution in [1.29, 1.82) is 0 Å². The van der Waals surface area contributed by atoms with Crippen LogP contribution < -0.4 is 19.0 Å². The van der Waals surface area contributed by atoms with E-state index in [1.807, 2.05) is 30.3 Å². The number of ether oxygens (including phenoxy) is 3. The molecule has 0 saturated heterocycles. The van der Waals surface area contributed by atoms with Gasteiger partial charge in [-0.3, -0.25) is 0 Å². The summed E-state index contributed by atoms with van der Waals surface area (Å²) in [6, 6.07) is 19.9. The Balaban J connectivity index is 1.71. The van der Waals surface area contributed by atoms with Crippen LogP contribution in [0, 0.1) is 6.92 Å². The van der Waals surface area contributed by atoms with E-state index in [1.54, 1.807) is 44.4 Å². The van der Waals surface area contributed by atoms with Gasteiger partial charge in [0.1, 0.15) is 17.3 Å². The maximum Gasteiger partial charge on any atom is 0.280 e. The highest BCUT2D eigenvalue weighted by Crippen LogP contribution is 2.28. The van der Waals surface area contributed by atoms with E-state index in [9.17, 15) is 8.42 Å². The highest BCUT2D eigenvalue weighted by Gasteiger charge is 2.19. The fraction of sp³-hybridized carbons (Fsp3) is 0.174. The highest BCUT2D eigenvalue weighted by atomic mass is 32.2. The Morgan fingerprint density at radius 3 is 2.32 bits per heavy atom. The molecular formula is C23H24N2O5S. The molecule has 0 unspecified atom stereocenters. The van der Waals surface area contributed by atoms with Crippen molar-refractivity contribution in [1.82, 2.24) is 4.83 Å². The lowest BCUT2D eigenvalue weighted by molar-refractivity contribution is 0.284. The predicted octanol–water partition coefficient (Wildman–Crippen LogP) is 3.90. The molecule has 162 valence electrons. The zero-order chi connectivity index (χ0) is 22.3. The first-order valence-corrected chi connectivity index (χ1v) is 11.0. The van der Waals surface area contributed by atoms with Crippen LogP contribution in [0.3, 0.4) is 0 Å². The first-order valence-electron chi connectivity index (χ1n) is 9.47. The zero-order valence-electron chi connectivity index (χ0n) is 17.5. The van der Waals surface area contributed by atoms with E-state index in [-0.39, 0.29) is 10.6 Å². The van der Waals surface area contributed by atoms with Crippen LogP contribution in [-0.4, -0.2) is 28.9 Å². The van der Waals surface area contributed by atoms with Crippen molar-refractivity contribution in [2.75, 3.05) is 14.2 Å². The van der Waals surface area contributed by atoms with E-state index >= 15 is 0 Å². The van der Waals surface area contributed by atoms with E-state index in [0.717, 1.165) is 11.1 Å². The van der Waals surface area contributed by atoms with Crippen molar-refractivity contribution in [3.05, 3.63) is 83.4 Å². The van der Waals surface area contributed by atoms with Crippen LogP contribution in [0.2, 0.25) is 0 Å². The van der Waals surface area contributed by atoms with Gasteiger partial charge in [0.25, 0.3) is 10.0 Å². The van der Waals surface area contributed by atoms with Gasteiger partial charge < -0.3 is 14.2 Å². The largest absolute Gasteiger partial charge is 0.495 e. The van der Waals surface area contributed by atoms with E-state index in [4.69, 9.17) is 14.2 Å². The predicted molar refractivity (Wildman–Crippen MR) is 119 cm³/mol. The second-order valence-electron chi connectivity index (χ2n) is 6.69. The Labute approximate surface area is 182 Å². The molecule has 0 saturated carbocycles. The molecule has 0 heterocycles. The molecule has 0 spiro atoms. The molecule has 3 aromatic rings. The van der Waals surface area contributed by atoms with Crippen molar-refractivity contribution in [3.8, 4) is 17.2 Å². The Morgan fingerprint density at radius 2 is 1.61 bits per heavy atom. The van der Waals surface area contributed by atoms with Crippen LogP contribution in [0.4, 0.5) is 0 Å². The first kappa shape index (κ1) is 22.2. The molecule has 3 rings (SSSR count). The average molecular weight is 441 g/mol. The van der Waals surface area contributed by atoms with Crippen LogP contribution in [0.1, 0.15) is 16.7 Å². The van der Waals surface area contributed by atoms with E-state index in [1.165, 1.54) is 19.4 Å². The summed E-state index contributed by atoms with van der Waals surface area (Å²) in [6.07, 6.45) is 1.39. The summed E-state index contributed by atoms with van der Waals surface area (Å²) in [5, 5.41) is 3.88. The highest BCUT2D eigenvalue weighted by molar-refractivity contribution is 7.89. The molecule has 0 radical (unpaired) electrons. The molecule has 0 aliphatic rings. The molecule has 1 N–H and O–H groups in total. The molecule has 31 heavy (non-hydrogen) atoms. The molecule has 3 aromatic carbocycles. The number of hydrogen-bond acceptors (Lipinski definition) is 6. The number of nitrogens with zero attached hydrogens (tertiary/aromatic N) is 1. The van der Waals surface area contributed by atoms with Crippen molar-refractivity contribution in [3.63, 3.8) is 0 Å². The molecule has 0 atom stereocenters. The van der Waals surface area contributed by atoms with Crippen molar-refractivity contribution in [2.24, 2.45) is 5.10 Å². The number of rotatable bonds is 9. The molecule has 0 aliphatic carbocycles. The summed E-state index contributed by atoms with van der Waals surface area (Å²) in [7, 11) is -0.930. The topological polar surface area (TPSA) is 86.2 Å². The molecule has 8 heteroatoms. The number of hydrazone groups is 1. The maximum absolute atomic E-state index is 12.6. The van der Waals surface area contributed by atoms with Crippen LogP contribution in [0.25, 0.3) is 0 Å². The number of sulfonamides is 1. The Kier molecular flexibility index (Phi) is 7.15. The Morgan fingerprint density at radius 1 is 0.903 bits per heavy atom. The number of benzene rings is 3. The third-order valence-corrected chi connectivity index (χ3v) is 5.66. The number of hydrogen-bond donors (Lipinski definition) is 1. The second kappa shape index (κ2) is 9.99. The fourth-order valence-corrected chi connectivity index (χ4v) is 3.88. The maximum atomic E-state index is 12.6. The van der Waals surface area contributed by atoms with Crippen molar-refractivity contribution in [2.45, 2.75) is 18.4 Å². The molecule has 7 nitrogen and oxygen atoms in total. The molecule has 0 bridgehead atoms. The minimum absolute atomic E-state index is 0.0226. The zero-order valence-corrected chi connectivity index (χ0v) is 18.3. The fourth-order valence-electron chi connectivity index (χ4n) is 2.83. The minimum Gasteiger partial charge on any atom is -0.495 e. The third kappa shape index (κ3) is 5.76. The summed E-state index contributed by atoms with van der Waals surface area (Å²) in [5.41, 5.74) is 2.47. The summed E-state index contributed by atoms with van der Waals surface area (Å²) in [6.45, 7) is 2.21. The van der Waals surface area contributed by atoms with Crippen LogP contribution in [0.5, 0.6) is 17.2 Å². The second-order valence-corrected chi connectivity index (χ2v) is 8.32. The van der Waals surface area contributed by atoms with Crippen LogP contribution >= 0.6 is 0 Å². The van der Waals surface area contributed by atoms with Gasteiger partial charge in [-0.25, -0.2) is 0 Å². The number of nitrogens with one attached hydrogen (secondary N) is 1. The Hall–Kier alpha value is -3.52. The van der Waals surface area contributed by atoms with Crippen LogP contribution in [-0.2, 0) is 16.6 Å². The monoisotopic (exact) mass is 440 g/mol. The molecular weight excluding hydrogens is 416 g/mol. The molecule has 0 amide bonds. The number of methoxy groups -OCH3 is 2. The lowest BCUT2D eigenvalue weighted by Gasteiger charge is -2.11. The molecule has 0 aromatic heterocycles. The number of aryl methyl sites for hydroxylation is 1. The lowest BCUT2D eigenvalue weighted by Crippen LogP contribution is -2.19. The Bertz CT molecular complexity index is 1160. The lowest BCUT2D eigenvalue weighted by atomic mass is 10.2. The average Bonchev–Trinajstić information content (AvgIpc) is 2.78. The van der Waals surface area contributed by atoms with Crippen LogP contribution in [0.15, 0.2) is 76.7 Å². The summed E-state index contributed by atoms with van der Waals surface area (Å²) >= 11 is 0. The summed E-state index contributed by atoms with van der Waals surface area (Å²) < 4.78 is 41.6. The molecule has 0 aliphatic heterocycles. The molecule has 0 fully saturated rings. The third-order valence-electron chi connectivity index (χ3n) is 4.42. The standard InChI is InChI=1S/C23H24N2O5S/c1-17-9-11-21(28-2)23(13-17)31(26,27)25-24-15-19-10-12-20(22(14-19)29-3)30-16-18-7-5-4-6-8-18/h4-15,25H,16H2,1-3H3/b24-15+. The van der Waals surface area contributed by atoms with E-state index in [2.05, 4.69) is 9.93 Å². The smallest absolute Gasteiger partial charge is 0.280 e. The van der Waals surface area contributed by atoms with Gasteiger partial charge in [0.2, 0.25) is 0 Å². The van der Waals surface area contributed by atoms with Gasteiger partial charge in [0, 0.05) is 0 Å². The van der Waals surface area contributed by atoms with Gasteiger partial charge in [0.05, 0.1) is 20.4 Å². The van der Waals surface area contributed by atoms with Gasteiger partial charge in [-0.2, -0.15) is 18.4 Å².